The highest BCUT2D eigenvalue weighted by atomic mass is 31.1. The van der Waals surface area contributed by atoms with E-state index >= 15 is 0 Å². The molecule has 0 fully saturated rings. The standard InChI is InChI=1S/C31H35P2Si/c1-34(26-14-24-32(28-16-6-2-7-17-28)29-18-8-3-9-19-29)27-15-25-33(30-20-10-4-11-21-30)31-22-12-5-13-23-31/h2-13,16-23H,14-15,24-27H2,1H3. The van der Waals surface area contributed by atoms with Gasteiger partial charge in [0.05, 0.1) is 0 Å². The Balaban J connectivity index is 1.30. The Hall–Kier alpha value is -2.04. The van der Waals surface area contributed by atoms with Gasteiger partial charge < -0.3 is 0 Å². The summed E-state index contributed by atoms with van der Waals surface area (Å²) >= 11 is 0. The van der Waals surface area contributed by atoms with E-state index in [0.717, 1.165) is 0 Å². The fourth-order valence-corrected chi connectivity index (χ4v) is 11.6. The predicted molar refractivity (Wildman–Crippen MR) is 158 cm³/mol. The minimum atomic E-state index is -0.286. The number of benzene rings is 4. The molecule has 0 unspecified atom stereocenters. The predicted octanol–water partition coefficient (Wildman–Crippen LogP) is 7.16. The molecule has 0 nitrogen and oxygen atoms in total. The van der Waals surface area contributed by atoms with Crippen molar-refractivity contribution in [2.24, 2.45) is 0 Å². The Morgan fingerprint density at radius 3 is 0.971 bits per heavy atom. The molecule has 0 aliphatic rings. The van der Waals surface area contributed by atoms with Crippen LogP contribution in [-0.4, -0.2) is 21.1 Å². The molecule has 1 radical (unpaired) electrons. The first-order chi connectivity index (χ1) is 16.8. The lowest BCUT2D eigenvalue weighted by Crippen LogP contribution is -2.16. The minimum absolute atomic E-state index is 0.246. The van der Waals surface area contributed by atoms with E-state index in [1.54, 1.807) is 0 Å². The van der Waals surface area contributed by atoms with Crippen molar-refractivity contribution >= 4 is 45.9 Å². The molecular formula is C31H35P2Si. The van der Waals surface area contributed by atoms with Crippen molar-refractivity contribution in [3.63, 3.8) is 0 Å². The van der Waals surface area contributed by atoms with Gasteiger partial charge in [-0.15, -0.1) is 0 Å². The quantitative estimate of drug-likeness (QED) is 0.144. The number of hydrogen-bond donors (Lipinski definition) is 0. The summed E-state index contributed by atoms with van der Waals surface area (Å²) in [5, 5.41) is 6.07. The normalized spacial score (nSPS) is 11.4. The van der Waals surface area contributed by atoms with E-state index in [1.165, 1.54) is 58.5 Å². The first-order valence-corrected chi connectivity index (χ1v) is 17.8. The molecule has 0 saturated heterocycles. The first kappa shape index (κ1) is 25.1. The van der Waals surface area contributed by atoms with Gasteiger partial charge in [0.15, 0.2) is 0 Å². The molecule has 0 bridgehead atoms. The zero-order valence-corrected chi connectivity index (χ0v) is 23.0. The fraction of sp³-hybridized carbons (Fsp3) is 0.226. The Kier molecular flexibility index (Phi) is 10.1. The van der Waals surface area contributed by atoms with E-state index in [9.17, 15) is 0 Å². The monoisotopic (exact) mass is 497 g/mol. The average Bonchev–Trinajstić information content (AvgIpc) is 2.91. The van der Waals surface area contributed by atoms with Gasteiger partial charge in [-0.2, -0.15) is 0 Å². The van der Waals surface area contributed by atoms with Crippen molar-refractivity contribution in [1.29, 1.82) is 0 Å². The Bertz CT molecular complexity index is 903. The number of hydrogen-bond acceptors (Lipinski definition) is 0. The van der Waals surface area contributed by atoms with Crippen LogP contribution in [0.5, 0.6) is 0 Å². The largest absolute Gasteiger partial charge is 0.0711 e. The SMILES string of the molecule is C[Si](CCCP(c1ccccc1)c1ccccc1)CCCP(c1ccccc1)c1ccccc1. The average molecular weight is 498 g/mol. The van der Waals surface area contributed by atoms with Crippen molar-refractivity contribution in [3.8, 4) is 0 Å². The van der Waals surface area contributed by atoms with Gasteiger partial charge in [0.2, 0.25) is 0 Å². The molecule has 0 heterocycles. The summed E-state index contributed by atoms with van der Waals surface area (Å²) < 4.78 is 0. The molecule has 3 heteroatoms. The van der Waals surface area contributed by atoms with Crippen LogP contribution < -0.4 is 21.2 Å². The molecule has 0 aromatic heterocycles. The van der Waals surface area contributed by atoms with E-state index in [4.69, 9.17) is 0 Å². The van der Waals surface area contributed by atoms with Gasteiger partial charge in [0, 0.05) is 8.80 Å². The van der Waals surface area contributed by atoms with E-state index in [-0.39, 0.29) is 24.6 Å². The molecule has 4 aromatic carbocycles. The van der Waals surface area contributed by atoms with E-state index in [1.807, 2.05) is 0 Å². The van der Waals surface area contributed by atoms with Crippen molar-refractivity contribution in [3.05, 3.63) is 121 Å². The van der Waals surface area contributed by atoms with E-state index in [2.05, 4.69) is 128 Å². The second-order valence-electron chi connectivity index (χ2n) is 8.81. The van der Waals surface area contributed by atoms with Crippen LogP contribution in [0.1, 0.15) is 12.8 Å². The molecule has 173 valence electrons. The van der Waals surface area contributed by atoms with Gasteiger partial charge >= 0.3 is 0 Å². The lowest BCUT2D eigenvalue weighted by atomic mass is 10.4. The molecule has 34 heavy (non-hydrogen) atoms. The van der Waals surface area contributed by atoms with Crippen LogP contribution in [0.2, 0.25) is 18.6 Å². The van der Waals surface area contributed by atoms with E-state index < -0.39 is 0 Å². The molecule has 0 amide bonds. The molecule has 4 aromatic rings. The van der Waals surface area contributed by atoms with Gasteiger partial charge in [-0.05, 0) is 49.4 Å². The van der Waals surface area contributed by atoms with Gasteiger partial charge in [-0.25, -0.2) is 0 Å². The van der Waals surface area contributed by atoms with Crippen LogP contribution in [0, 0.1) is 0 Å². The van der Waals surface area contributed by atoms with Crippen LogP contribution in [0.15, 0.2) is 121 Å². The van der Waals surface area contributed by atoms with Crippen molar-refractivity contribution in [2.45, 2.75) is 31.5 Å². The zero-order valence-electron chi connectivity index (χ0n) is 20.2. The molecule has 0 spiro atoms. The lowest BCUT2D eigenvalue weighted by molar-refractivity contribution is 1.02. The van der Waals surface area contributed by atoms with Crippen molar-refractivity contribution in [2.75, 3.05) is 12.3 Å². The summed E-state index contributed by atoms with van der Waals surface area (Å²) in [6, 6.07) is 47.6. The molecule has 0 saturated carbocycles. The van der Waals surface area contributed by atoms with Crippen LogP contribution in [0.4, 0.5) is 0 Å². The Morgan fingerprint density at radius 2 is 0.706 bits per heavy atom. The molecule has 4 rings (SSSR count). The third-order valence-electron chi connectivity index (χ3n) is 6.24. The summed E-state index contributed by atoms with van der Waals surface area (Å²) in [5.41, 5.74) is 0. The highest BCUT2D eigenvalue weighted by Crippen LogP contribution is 2.36. The van der Waals surface area contributed by atoms with Crippen LogP contribution in [0.25, 0.3) is 0 Å². The third-order valence-corrected chi connectivity index (χ3v) is 13.9. The van der Waals surface area contributed by atoms with Crippen molar-refractivity contribution in [1.82, 2.24) is 0 Å². The summed E-state index contributed by atoms with van der Waals surface area (Å²) in [6.45, 7) is 2.56. The maximum Gasteiger partial charge on any atom is 0.0446 e. The summed E-state index contributed by atoms with van der Waals surface area (Å²) in [5.74, 6) is 0. The van der Waals surface area contributed by atoms with Gasteiger partial charge in [-0.3, -0.25) is 0 Å². The number of rotatable bonds is 12. The fourth-order valence-electron chi connectivity index (χ4n) is 4.45. The van der Waals surface area contributed by atoms with E-state index in [0.29, 0.717) is 0 Å². The summed E-state index contributed by atoms with van der Waals surface area (Å²) in [6.07, 6.45) is 5.33. The summed E-state index contributed by atoms with van der Waals surface area (Å²) in [4.78, 5) is 0. The molecule has 0 N–H and O–H groups in total. The first-order valence-electron chi connectivity index (χ1n) is 12.4. The molecule has 0 atom stereocenters. The summed E-state index contributed by atoms with van der Waals surface area (Å²) in [7, 11) is -0.777. The maximum absolute atomic E-state index is 2.56. The lowest BCUT2D eigenvalue weighted by Gasteiger charge is -2.21. The van der Waals surface area contributed by atoms with Crippen LogP contribution >= 0.6 is 15.8 Å². The van der Waals surface area contributed by atoms with Gasteiger partial charge in [-0.1, -0.05) is 153 Å². The highest BCUT2D eigenvalue weighted by molar-refractivity contribution is 7.73. The second-order valence-corrected chi connectivity index (χ2v) is 16.4. The van der Waals surface area contributed by atoms with Crippen LogP contribution in [0.3, 0.4) is 0 Å². The Labute approximate surface area is 210 Å². The molecule has 0 aliphatic carbocycles. The van der Waals surface area contributed by atoms with Crippen molar-refractivity contribution < 1.29 is 0 Å². The maximum atomic E-state index is 2.56. The minimum Gasteiger partial charge on any atom is -0.0711 e. The van der Waals surface area contributed by atoms with Gasteiger partial charge in [0.1, 0.15) is 0 Å². The van der Waals surface area contributed by atoms with Gasteiger partial charge in [0.25, 0.3) is 0 Å². The Morgan fingerprint density at radius 1 is 0.441 bits per heavy atom. The smallest absolute Gasteiger partial charge is 0.0446 e. The second kappa shape index (κ2) is 13.7. The topological polar surface area (TPSA) is 0 Å². The third kappa shape index (κ3) is 7.48. The molecular weight excluding hydrogens is 462 g/mol. The highest BCUT2D eigenvalue weighted by Gasteiger charge is 2.16. The van der Waals surface area contributed by atoms with Crippen LogP contribution in [-0.2, 0) is 0 Å². The zero-order chi connectivity index (χ0) is 23.4. The molecule has 0 aliphatic heterocycles.